The third-order valence-corrected chi connectivity index (χ3v) is 5.87. The minimum absolute atomic E-state index is 0.106. The molecule has 0 bridgehead atoms. The van der Waals surface area contributed by atoms with Crippen LogP contribution in [0.4, 0.5) is 11.4 Å². The van der Waals surface area contributed by atoms with Crippen molar-refractivity contribution >= 4 is 27.3 Å². The number of hydrogen-bond acceptors (Lipinski definition) is 4. The van der Waals surface area contributed by atoms with Gasteiger partial charge in [0.2, 0.25) is 0 Å². The summed E-state index contributed by atoms with van der Waals surface area (Å²) in [5.41, 5.74) is 4.37. The highest BCUT2D eigenvalue weighted by atomic mass is 32.2. The molecule has 0 spiro atoms. The fourth-order valence-electron chi connectivity index (χ4n) is 3.14. The molecule has 6 nitrogen and oxygen atoms in total. The van der Waals surface area contributed by atoms with Gasteiger partial charge in [-0.15, -0.1) is 0 Å². The number of hydrogen-bond donors (Lipinski definition) is 2. The topological polar surface area (TPSA) is 84.5 Å². The standard InChI is InChI=1S/C23H24N2O4S/c1-16-13-17(2)23(18(3)14-16)24-22(26)15-29-20-9-11-21(12-10-20)30(27,28)25-19-7-5-4-6-8-19/h4-14,25H,15H2,1-3H3,(H,24,26). The van der Waals surface area contributed by atoms with Crippen LogP contribution in [0.1, 0.15) is 16.7 Å². The number of para-hydroxylation sites is 1. The van der Waals surface area contributed by atoms with Crippen LogP contribution in [0.15, 0.2) is 71.6 Å². The molecule has 0 aromatic heterocycles. The first-order valence-electron chi connectivity index (χ1n) is 9.43. The van der Waals surface area contributed by atoms with Gasteiger partial charge in [0.05, 0.1) is 4.90 Å². The number of amides is 1. The number of carbonyl (C=O) groups excluding carboxylic acids is 1. The SMILES string of the molecule is Cc1cc(C)c(NC(=O)COc2ccc(S(=O)(=O)Nc3ccccc3)cc2)c(C)c1. The Bertz CT molecular complexity index is 1120. The van der Waals surface area contributed by atoms with Crippen molar-refractivity contribution in [3.63, 3.8) is 0 Å². The normalized spacial score (nSPS) is 11.0. The summed E-state index contributed by atoms with van der Waals surface area (Å²) in [6.07, 6.45) is 0. The number of rotatable bonds is 7. The first kappa shape index (κ1) is 21.4. The Morgan fingerprint density at radius 2 is 1.50 bits per heavy atom. The van der Waals surface area contributed by atoms with Crippen molar-refractivity contribution in [3.8, 4) is 5.75 Å². The van der Waals surface area contributed by atoms with Crippen LogP contribution >= 0.6 is 0 Å². The Kier molecular flexibility index (Phi) is 6.42. The van der Waals surface area contributed by atoms with Gasteiger partial charge in [-0.3, -0.25) is 9.52 Å². The highest BCUT2D eigenvalue weighted by Gasteiger charge is 2.14. The van der Waals surface area contributed by atoms with E-state index in [0.29, 0.717) is 11.4 Å². The van der Waals surface area contributed by atoms with E-state index in [2.05, 4.69) is 10.0 Å². The summed E-state index contributed by atoms with van der Waals surface area (Å²) in [7, 11) is -3.70. The van der Waals surface area contributed by atoms with Gasteiger partial charge in [-0.05, 0) is 68.3 Å². The Morgan fingerprint density at radius 3 is 2.10 bits per heavy atom. The van der Waals surface area contributed by atoms with Crippen LogP contribution in [-0.4, -0.2) is 20.9 Å². The van der Waals surface area contributed by atoms with E-state index >= 15 is 0 Å². The maximum Gasteiger partial charge on any atom is 0.262 e. The summed E-state index contributed by atoms with van der Waals surface area (Å²) >= 11 is 0. The van der Waals surface area contributed by atoms with Crippen molar-refractivity contribution in [2.24, 2.45) is 0 Å². The lowest BCUT2D eigenvalue weighted by Crippen LogP contribution is -2.21. The van der Waals surface area contributed by atoms with Crippen LogP contribution in [0, 0.1) is 20.8 Å². The van der Waals surface area contributed by atoms with E-state index in [1.807, 2.05) is 39.0 Å². The minimum Gasteiger partial charge on any atom is -0.484 e. The Hall–Kier alpha value is -3.32. The fraction of sp³-hybridized carbons (Fsp3) is 0.174. The lowest BCUT2D eigenvalue weighted by molar-refractivity contribution is -0.118. The van der Waals surface area contributed by atoms with Gasteiger partial charge in [0.1, 0.15) is 5.75 Å². The van der Waals surface area contributed by atoms with Crippen LogP contribution in [0.25, 0.3) is 0 Å². The zero-order valence-electron chi connectivity index (χ0n) is 17.1. The third kappa shape index (κ3) is 5.39. The van der Waals surface area contributed by atoms with Crippen molar-refractivity contribution in [2.45, 2.75) is 25.7 Å². The van der Waals surface area contributed by atoms with E-state index in [9.17, 15) is 13.2 Å². The lowest BCUT2D eigenvalue weighted by atomic mass is 10.1. The van der Waals surface area contributed by atoms with Crippen molar-refractivity contribution in [2.75, 3.05) is 16.6 Å². The third-order valence-electron chi connectivity index (χ3n) is 4.47. The van der Waals surface area contributed by atoms with Gasteiger partial charge < -0.3 is 10.1 Å². The number of anilines is 2. The molecule has 0 unspecified atom stereocenters. The van der Waals surface area contributed by atoms with E-state index in [4.69, 9.17) is 4.74 Å². The van der Waals surface area contributed by atoms with Crippen LogP contribution in [0.5, 0.6) is 5.75 Å². The molecule has 0 aliphatic rings. The zero-order valence-corrected chi connectivity index (χ0v) is 17.9. The maximum atomic E-state index is 12.5. The summed E-state index contributed by atoms with van der Waals surface area (Å²) in [5, 5.41) is 2.87. The van der Waals surface area contributed by atoms with E-state index in [0.717, 1.165) is 22.4 Å². The molecular weight excluding hydrogens is 400 g/mol. The predicted molar refractivity (Wildman–Crippen MR) is 118 cm³/mol. The molecule has 0 radical (unpaired) electrons. The molecule has 0 atom stereocenters. The average Bonchev–Trinajstić information content (AvgIpc) is 2.70. The van der Waals surface area contributed by atoms with Crippen molar-refractivity contribution in [1.82, 2.24) is 0 Å². The van der Waals surface area contributed by atoms with Gasteiger partial charge >= 0.3 is 0 Å². The number of benzene rings is 3. The van der Waals surface area contributed by atoms with Crippen LogP contribution in [-0.2, 0) is 14.8 Å². The van der Waals surface area contributed by atoms with Gasteiger partial charge in [-0.25, -0.2) is 8.42 Å². The predicted octanol–water partition coefficient (Wildman–Crippen LogP) is 4.43. The summed E-state index contributed by atoms with van der Waals surface area (Å²) in [6.45, 7) is 5.72. The largest absolute Gasteiger partial charge is 0.484 e. The second-order valence-electron chi connectivity index (χ2n) is 7.05. The van der Waals surface area contributed by atoms with E-state index < -0.39 is 10.0 Å². The molecule has 0 saturated carbocycles. The molecule has 7 heteroatoms. The first-order valence-corrected chi connectivity index (χ1v) is 10.9. The molecular formula is C23H24N2O4S. The van der Waals surface area contributed by atoms with Gasteiger partial charge in [0.15, 0.2) is 6.61 Å². The molecule has 3 aromatic rings. The molecule has 3 aromatic carbocycles. The van der Waals surface area contributed by atoms with Gasteiger partial charge in [0.25, 0.3) is 15.9 Å². The van der Waals surface area contributed by atoms with Gasteiger partial charge in [-0.2, -0.15) is 0 Å². The molecule has 1 amide bonds. The van der Waals surface area contributed by atoms with Crippen LogP contribution in [0.3, 0.4) is 0 Å². The van der Waals surface area contributed by atoms with Crippen LogP contribution in [0.2, 0.25) is 0 Å². The van der Waals surface area contributed by atoms with Gasteiger partial charge in [-0.1, -0.05) is 35.9 Å². The summed E-state index contributed by atoms with van der Waals surface area (Å²) < 4.78 is 32.9. The highest BCUT2D eigenvalue weighted by Crippen LogP contribution is 2.22. The van der Waals surface area contributed by atoms with Gasteiger partial charge in [0, 0.05) is 11.4 Å². The number of ether oxygens (including phenoxy) is 1. The molecule has 0 aliphatic heterocycles. The van der Waals surface area contributed by atoms with Crippen molar-refractivity contribution in [3.05, 3.63) is 83.4 Å². The van der Waals surface area contributed by atoms with E-state index in [1.54, 1.807) is 24.3 Å². The highest BCUT2D eigenvalue weighted by molar-refractivity contribution is 7.92. The van der Waals surface area contributed by atoms with E-state index in [1.165, 1.54) is 24.3 Å². The molecule has 0 aliphatic carbocycles. The summed E-state index contributed by atoms with van der Waals surface area (Å²) in [5.74, 6) is 0.119. The van der Waals surface area contributed by atoms with Crippen molar-refractivity contribution < 1.29 is 17.9 Å². The smallest absolute Gasteiger partial charge is 0.262 e. The second kappa shape index (κ2) is 9.00. The number of nitrogens with one attached hydrogen (secondary N) is 2. The number of sulfonamides is 1. The summed E-state index contributed by atoms with van der Waals surface area (Å²) in [6, 6.07) is 18.6. The first-order chi connectivity index (χ1) is 14.2. The minimum atomic E-state index is -3.70. The molecule has 3 rings (SSSR count). The second-order valence-corrected chi connectivity index (χ2v) is 8.74. The number of aryl methyl sites for hydroxylation is 3. The molecule has 156 valence electrons. The molecule has 0 saturated heterocycles. The summed E-state index contributed by atoms with van der Waals surface area (Å²) in [4.78, 5) is 12.4. The van der Waals surface area contributed by atoms with Crippen molar-refractivity contribution in [1.29, 1.82) is 0 Å². The van der Waals surface area contributed by atoms with Crippen LogP contribution < -0.4 is 14.8 Å². The number of carbonyl (C=O) groups is 1. The maximum absolute atomic E-state index is 12.5. The molecule has 0 fully saturated rings. The zero-order chi connectivity index (χ0) is 21.7. The Labute approximate surface area is 177 Å². The fourth-order valence-corrected chi connectivity index (χ4v) is 4.20. The molecule has 30 heavy (non-hydrogen) atoms. The monoisotopic (exact) mass is 424 g/mol. The Balaban J connectivity index is 1.60. The Morgan fingerprint density at radius 1 is 0.900 bits per heavy atom. The van der Waals surface area contributed by atoms with E-state index in [-0.39, 0.29) is 17.4 Å². The molecule has 2 N–H and O–H groups in total. The lowest BCUT2D eigenvalue weighted by Gasteiger charge is -2.13. The quantitative estimate of drug-likeness (QED) is 0.588. The average molecular weight is 425 g/mol. The molecule has 0 heterocycles.